The van der Waals surface area contributed by atoms with Gasteiger partial charge >= 0.3 is 5.97 Å². The fourth-order valence-corrected chi connectivity index (χ4v) is 4.19. The molecule has 27 heavy (non-hydrogen) atoms. The molecule has 4 rings (SSSR count). The Kier molecular flexibility index (Phi) is 4.56. The summed E-state index contributed by atoms with van der Waals surface area (Å²) in [6, 6.07) is 15.8. The number of ketones is 1. The number of benzene rings is 2. The van der Waals surface area contributed by atoms with Crippen LogP contribution in [0.5, 0.6) is 0 Å². The highest BCUT2D eigenvalue weighted by Crippen LogP contribution is 2.37. The zero-order valence-electron chi connectivity index (χ0n) is 15.7. The number of carbonyl (C=O) groups is 2. The zero-order chi connectivity index (χ0) is 19.0. The number of hydrogen-bond donors (Lipinski definition) is 0. The van der Waals surface area contributed by atoms with Crippen molar-refractivity contribution in [2.45, 2.75) is 32.7 Å². The second-order valence-electron chi connectivity index (χ2n) is 7.19. The normalized spacial score (nSPS) is 16.4. The molecule has 3 aromatic rings. The van der Waals surface area contributed by atoms with Gasteiger partial charge < -0.3 is 9.30 Å². The van der Waals surface area contributed by atoms with Crippen LogP contribution in [0, 0.1) is 5.92 Å². The van der Waals surface area contributed by atoms with E-state index >= 15 is 0 Å². The second kappa shape index (κ2) is 7.03. The smallest absolute Gasteiger partial charge is 0.338 e. The topological polar surface area (TPSA) is 48.3 Å². The van der Waals surface area contributed by atoms with E-state index in [-0.39, 0.29) is 5.78 Å². The molecule has 1 aliphatic rings. The quantitative estimate of drug-likeness (QED) is 0.637. The van der Waals surface area contributed by atoms with Crippen LogP contribution in [0.15, 0.2) is 48.5 Å². The molecule has 0 bridgehead atoms. The lowest BCUT2D eigenvalue weighted by atomic mass is 9.84. The highest BCUT2D eigenvalue weighted by Gasteiger charge is 2.32. The maximum absolute atomic E-state index is 13.0. The fraction of sp³-hybridized carbons (Fsp3) is 0.304. The molecule has 4 nitrogen and oxygen atoms in total. The van der Waals surface area contributed by atoms with E-state index in [4.69, 9.17) is 4.74 Å². The van der Waals surface area contributed by atoms with Gasteiger partial charge in [-0.3, -0.25) is 4.79 Å². The first-order valence-corrected chi connectivity index (χ1v) is 9.43. The van der Waals surface area contributed by atoms with Crippen molar-refractivity contribution in [1.82, 2.24) is 4.57 Å². The minimum absolute atomic E-state index is 0.135. The van der Waals surface area contributed by atoms with E-state index in [0.717, 1.165) is 29.4 Å². The van der Waals surface area contributed by atoms with Crippen molar-refractivity contribution in [3.63, 3.8) is 0 Å². The van der Waals surface area contributed by atoms with Gasteiger partial charge in [-0.15, -0.1) is 0 Å². The number of methoxy groups -OCH3 is 1. The van der Waals surface area contributed by atoms with Gasteiger partial charge in [0, 0.05) is 29.6 Å². The summed E-state index contributed by atoms with van der Waals surface area (Å²) in [4.78, 5) is 25.4. The van der Waals surface area contributed by atoms with Crippen molar-refractivity contribution in [2.75, 3.05) is 7.11 Å². The van der Waals surface area contributed by atoms with Gasteiger partial charge in [0.05, 0.1) is 18.2 Å². The summed E-state index contributed by atoms with van der Waals surface area (Å²) in [6.45, 7) is 2.81. The van der Waals surface area contributed by atoms with Crippen molar-refractivity contribution in [2.24, 2.45) is 5.92 Å². The summed E-state index contributed by atoms with van der Waals surface area (Å²) in [5.41, 5.74) is 4.34. The number of hydrogen-bond acceptors (Lipinski definition) is 3. The van der Waals surface area contributed by atoms with Crippen LogP contribution in [-0.4, -0.2) is 23.4 Å². The Morgan fingerprint density at radius 3 is 2.59 bits per heavy atom. The summed E-state index contributed by atoms with van der Waals surface area (Å²) in [7, 11) is 1.38. The average molecular weight is 361 g/mol. The van der Waals surface area contributed by atoms with Gasteiger partial charge in [-0.05, 0) is 30.0 Å². The van der Waals surface area contributed by atoms with Gasteiger partial charge in [-0.2, -0.15) is 0 Å². The first kappa shape index (κ1) is 17.5. The zero-order valence-corrected chi connectivity index (χ0v) is 15.7. The Morgan fingerprint density at radius 1 is 1.11 bits per heavy atom. The Bertz CT molecular complexity index is 1020. The maximum atomic E-state index is 13.0. The second-order valence-corrected chi connectivity index (χ2v) is 7.19. The van der Waals surface area contributed by atoms with Crippen LogP contribution in [0.25, 0.3) is 10.9 Å². The number of aromatic nitrogens is 1. The van der Waals surface area contributed by atoms with E-state index < -0.39 is 5.97 Å². The van der Waals surface area contributed by atoms with Crippen molar-refractivity contribution < 1.29 is 14.3 Å². The molecule has 1 aromatic heterocycles. The molecule has 0 saturated carbocycles. The van der Waals surface area contributed by atoms with Crippen LogP contribution in [0.4, 0.5) is 0 Å². The van der Waals surface area contributed by atoms with Gasteiger partial charge in [0.1, 0.15) is 0 Å². The van der Waals surface area contributed by atoms with Crippen molar-refractivity contribution in [3.8, 4) is 0 Å². The number of ether oxygens (including phenoxy) is 1. The van der Waals surface area contributed by atoms with Gasteiger partial charge in [-0.1, -0.05) is 49.7 Å². The van der Waals surface area contributed by atoms with Crippen molar-refractivity contribution >= 4 is 22.7 Å². The van der Waals surface area contributed by atoms with Gasteiger partial charge in [0.25, 0.3) is 0 Å². The van der Waals surface area contributed by atoms with Crippen LogP contribution < -0.4 is 0 Å². The molecule has 138 valence electrons. The van der Waals surface area contributed by atoms with E-state index in [1.54, 1.807) is 6.07 Å². The number of Topliss-reactive ketones (excluding diaryl/α,β-unsaturated/α-hetero) is 1. The predicted molar refractivity (Wildman–Crippen MR) is 105 cm³/mol. The van der Waals surface area contributed by atoms with Gasteiger partial charge in [0.2, 0.25) is 0 Å². The Morgan fingerprint density at radius 2 is 1.89 bits per heavy atom. The Labute approximate surface area is 158 Å². The molecule has 2 aromatic carbocycles. The molecule has 0 aliphatic heterocycles. The third-order valence-electron chi connectivity index (χ3n) is 5.60. The SMILES string of the molecule is CCC1CC(=O)c2c(n(Cc3ccccc3)c3cccc(C(=O)OC)c23)C1. The van der Waals surface area contributed by atoms with Gasteiger partial charge in [0.15, 0.2) is 5.78 Å². The third-order valence-corrected chi connectivity index (χ3v) is 5.60. The van der Waals surface area contributed by atoms with Crippen LogP contribution in [0.1, 0.15) is 51.7 Å². The molecule has 1 heterocycles. The Balaban J connectivity index is 1.99. The van der Waals surface area contributed by atoms with Crippen LogP contribution in [-0.2, 0) is 17.7 Å². The van der Waals surface area contributed by atoms with Crippen LogP contribution in [0.3, 0.4) is 0 Å². The first-order chi connectivity index (χ1) is 13.1. The minimum Gasteiger partial charge on any atom is -0.465 e. The minimum atomic E-state index is -0.398. The molecule has 1 aliphatic carbocycles. The Hall–Kier alpha value is -2.88. The molecule has 4 heteroatoms. The molecule has 0 radical (unpaired) electrons. The van der Waals surface area contributed by atoms with Crippen LogP contribution in [0.2, 0.25) is 0 Å². The molecule has 0 N–H and O–H groups in total. The summed E-state index contributed by atoms with van der Waals surface area (Å²) in [5, 5.41) is 0.745. The number of nitrogens with zero attached hydrogens (tertiary/aromatic N) is 1. The number of carbonyl (C=O) groups excluding carboxylic acids is 2. The lowest BCUT2D eigenvalue weighted by Crippen LogP contribution is -2.21. The lowest BCUT2D eigenvalue weighted by Gasteiger charge is -2.22. The molecule has 0 saturated heterocycles. The maximum Gasteiger partial charge on any atom is 0.338 e. The number of rotatable bonds is 4. The standard InChI is InChI=1S/C23H23NO3/c1-3-15-12-19-22(20(25)13-15)21-17(23(26)27-2)10-7-11-18(21)24(19)14-16-8-5-4-6-9-16/h4-11,15H,3,12-14H2,1-2H3. The van der Waals surface area contributed by atoms with E-state index in [2.05, 4.69) is 23.6 Å². The summed E-state index contributed by atoms with van der Waals surface area (Å²) >= 11 is 0. The van der Waals surface area contributed by atoms with E-state index in [1.807, 2.05) is 30.3 Å². The summed E-state index contributed by atoms with van der Waals surface area (Å²) in [5.74, 6) is 0.0901. The third kappa shape index (κ3) is 2.95. The van der Waals surface area contributed by atoms with E-state index in [0.29, 0.717) is 30.0 Å². The van der Waals surface area contributed by atoms with Crippen molar-refractivity contribution in [1.29, 1.82) is 0 Å². The van der Waals surface area contributed by atoms with Gasteiger partial charge in [-0.25, -0.2) is 4.79 Å². The van der Waals surface area contributed by atoms with E-state index in [1.165, 1.54) is 12.7 Å². The van der Waals surface area contributed by atoms with Crippen LogP contribution >= 0.6 is 0 Å². The molecule has 0 fully saturated rings. The lowest BCUT2D eigenvalue weighted by molar-refractivity contribution is 0.0603. The molecular formula is C23H23NO3. The highest BCUT2D eigenvalue weighted by molar-refractivity contribution is 6.16. The fourth-order valence-electron chi connectivity index (χ4n) is 4.19. The van der Waals surface area contributed by atoms with E-state index in [9.17, 15) is 9.59 Å². The molecular weight excluding hydrogens is 338 g/mol. The molecule has 1 atom stereocenters. The summed E-state index contributed by atoms with van der Waals surface area (Å²) < 4.78 is 7.20. The molecule has 1 unspecified atom stereocenters. The number of fused-ring (bicyclic) bond motifs is 3. The average Bonchev–Trinajstić information content (AvgIpc) is 3.02. The predicted octanol–water partition coefficient (Wildman–Crippen LogP) is 4.63. The first-order valence-electron chi connectivity index (χ1n) is 9.43. The molecule has 0 amide bonds. The largest absolute Gasteiger partial charge is 0.465 e. The summed E-state index contributed by atoms with van der Waals surface area (Å²) in [6.07, 6.45) is 2.38. The highest BCUT2D eigenvalue weighted by atomic mass is 16.5. The van der Waals surface area contributed by atoms with Crippen molar-refractivity contribution in [3.05, 3.63) is 70.9 Å². The monoisotopic (exact) mass is 361 g/mol. The molecule has 0 spiro atoms. The number of esters is 1.